The number of ether oxygens (including phenoxy) is 1. The Hall–Kier alpha value is -2.37. The highest BCUT2D eigenvalue weighted by Crippen LogP contribution is 2.11. The van der Waals surface area contributed by atoms with Gasteiger partial charge in [-0.05, 0) is 25.5 Å². The van der Waals surface area contributed by atoms with E-state index in [9.17, 15) is 4.79 Å². The van der Waals surface area contributed by atoms with Crippen molar-refractivity contribution in [1.29, 1.82) is 0 Å². The minimum atomic E-state index is -0.360. The molecule has 0 saturated carbocycles. The third-order valence-corrected chi connectivity index (χ3v) is 2.95. The van der Waals surface area contributed by atoms with Gasteiger partial charge in [0.25, 0.3) is 0 Å². The maximum Gasteiger partial charge on any atom is 0.339 e. The molecular formula is C14H18N4O2. The molecule has 0 amide bonds. The van der Waals surface area contributed by atoms with Crippen LogP contribution in [0.3, 0.4) is 0 Å². The zero-order valence-electron chi connectivity index (χ0n) is 11.7. The Morgan fingerprint density at radius 3 is 2.95 bits per heavy atom. The highest BCUT2D eigenvalue weighted by Gasteiger charge is 2.10. The van der Waals surface area contributed by atoms with Crippen LogP contribution in [0.15, 0.2) is 30.9 Å². The normalized spacial score (nSPS) is 10.3. The van der Waals surface area contributed by atoms with Gasteiger partial charge in [-0.1, -0.05) is 0 Å². The van der Waals surface area contributed by atoms with E-state index in [0.29, 0.717) is 11.3 Å². The molecule has 2 aromatic heterocycles. The molecule has 6 nitrogen and oxygen atoms in total. The lowest BCUT2D eigenvalue weighted by Gasteiger charge is -2.08. The Bertz CT molecular complexity index is 567. The van der Waals surface area contributed by atoms with Crippen molar-refractivity contribution in [2.24, 2.45) is 0 Å². The number of imidazole rings is 1. The van der Waals surface area contributed by atoms with E-state index in [1.807, 2.05) is 10.8 Å². The Balaban J connectivity index is 1.84. The van der Waals surface area contributed by atoms with Gasteiger partial charge >= 0.3 is 5.97 Å². The molecule has 2 aromatic rings. The van der Waals surface area contributed by atoms with Crippen molar-refractivity contribution in [2.75, 3.05) is 19.0 Å². The van der Waals surface area contributed by atoms with Gasteiger partial charge in [-0.25, -0.2) is 14.8 Å². The molecule has 20 heavy (non-hydrogen) atoms. The molecule has 2 rings (SSSR count). The number of aromatic nitrogens is 3. The molecule has 0 saturated heterocycles. The quantitative estimate of drug-likeness (QED) is 0.643. The standard InChI is InChI=1S/C14H18N4O2/c1-11-12(14(19)20-2)4-5-13(17-11)16-6-3-8-18-9-7-15-10-18/h4-5,7,9-10H,3,6,8H2,1-2H3,(H,16,17). The molecule has 6 heteroatoms. The average Bonchev–Trinajstić information content (AvgIpc) is 2.96. The topological polar surface area (TPSA) is 69.0 Å². The van der Waals surface area contributed by atoms with E-state index in [4.69, 9.17) is 0 Å². The lowest BCUT2D eigenvalue weighted by molar-refractivity contribution is 0.0599. The van der Waals surface area contributed by atoms with Gasteiger partial charge in [0.15, 0.2) is 0 Å². The SMILES string of the molecule is COC(=O)c1ccc(NCCCn2ccnc2)nc1C. The van der Waals surface area contributed by atoms with E-state index in [0.717, 1.165) is 25.3 Å². The fraction of sp³-hybridized carbons (Fsp3) is 0.357. The third kappa shape index (κ3) is 3.57. The third-order valence-electron chi connectivity index (χ3n) is 2.95. The van der Waals surface area contributed by atoms with Crippen LogP contribution in [0.2, 0.25) is 0 Å². The van der Waals surface area contributed by atoms with Crippen molar-refractivity contribution in [2.45, 2.75) is 19.9 Å². The number of nitrogens with zero attached hydrogens (tertiary/aromatic N) is 3. The Kier molecular flexibility index (Phi) is 4.70. The molecule has 0 spiro atoms. The molecule has 0 aromatic carbocycles. The van der Waals surface area contributed by atoms with E-state index in [2.05, 4.69) is 20.0 Å². The predicted octanol–water partition coefficient (Wildman–Crippen LogP) is 1.88. The van der Waals surface area contributed by atoms with Gasteiger partial charge in [-0.2, -0.15) is 0 Å². The molecule has 0 unspecified atom stereocenters. The summed E-state index contributed by atoms with van der Waals surface area (Å²) < 4.78 is 6.72. The van der Waals surface area contributed by atoms with Gasteiger partial charge in [-0.3, -0.25) is 0 Å². The van der Waals surface area contributed by atoms with E-state index < -0.39 is 0 Å². The van der Waals surface area contributed by atoms with E-state index >= 15 is 0 Å². The fourth-order valence-electron chi connectivity index (χ4n) is 1.88. The molecule has 0 atom stereocenters. The molecule has 0 radical (unpaired) electrons. The number of carbonyl (C=O) groups excluding carboxylic acids is 1. The lowest BCUT2D eigenvalue weighted by atomic mass is 10.2. The molecule has 0 aliphatic heterocycles. The van der Waals surface area contributed by atoms with Crippen LogP contribution >= 0.6 is 0 Å². The van der Waals surface area contributed by atoms with Crippen LogP contribution in [0.1, 0.15) is 22.5 Å². The van der Waals surface area contributed by atoms with Crippen LogP contribution in [-0.2, 0) is 11.3 Å². The van der Waals surface area contributed by atoms with Gasteiger partial charge in [0, 0.05) is 25.5 Å². The van der Waals surface area contributed by atoms with Crippen LogP contribution < -0.4 is 5.32 Å². The molecular weight excluding hydrogens is 256 g/mol. The summed E-state index contributed by atoms with van der Waals surface area (Å²) in [6.45, 7) is 3.51. The van der Waals surface area contributed by atoms with Crippen LogP contribution in [0.25, 0.3) is 0 Å². The lowest BCUT2D eigenvalue weighted by Crippen LogP contribution is -2.10. The van der Waals surface area contributed by atoms with E-state index in [-0.39, 0.29) is 5.97 Å². The second-order valence-electron chi connectivity index (χ2n) is 4.40. The summed E-state index contributed by atoms with van der Waals surface area (Å²) >= 11 is 0. The fourth-order valence-corrected chi connectivity index (χ4v) is 1.88. The van der Waals surface area contributed by atoms with Crippen molar-refractivity contribution in [3.05, 3.63) is 42.1 Å². The number of rotatable bonds is 6. The smallest absolute Gasteiger partial charge is 0.339 e. The minimum Gasteiger partial charge on any atom is -0.465 e. The summed E-state index contributed by atoms with van der Waals surface area (Å²) in [5, 5.41) is 3.24. The average molecular weight is 274 g/mol. The van der Waals surface area contributed by atoms with Gasteiger partial charge in [0.2, 0.25) is 0 Å². The minimum absolute atomic E-state index is 0.360. The second kappa shape index (κ2) is 6.70. The van der Waals surface area contributed by atoms with Crippen LogP contribution in [0.5, 0.6) is 0 Å². The number of hydrogen-bond acceptors (Lipinski definition) is 5. The van der Waals surface area contributed by atoms with Crippen molar-refractivity contribution in [3.8, 4) is 0 Å². The van der Waals surface area contributed by atoms with Crippen LogP contribution in [0, 0.1) is 6.92 Å². The number of pyridine rings is 1. The Morgan fingerprint density at radius 1 is 1.45 bits per heavy atom. The number of nitrogens with one attached hydrogen (secondary N) is 1. The number of carbonyl (C=O) groups is 1. The zero-order valence-corrected chi connectivity index (χ0v) is 11.7. The Morgan fingerprint density at radius 2 is 2.30 bits per heavy atom. The maximum absolute atomic E-state index is 11.4. The summed E-state index contributed by atoms with van der Waals surface area (Å²) in [4.78, 5) is 19.8. The highest BCUT2D eigenvalue weighted by atomic mass is 16.5. The van der Waals surface area contributed by atoms with E-state index in [1.54, 1.807) is 31.6 Å². The maximum atomic E-state index is 11.4. The summed E-state index contributed by atoms with van der Waals surface area (Å²) in [5.74, 6) is 0.405. The first kappa shape index (κ1) is 14.0. The summed E-state index contributed by atoms with van der Waals surface area (Å²) in [5.41, 5.74) is 1.16. The summed E-state index contributed by atoms with van der Waals surface area (Å²) in [6, 6.07) is 3.52. The van der Waals surface area contributed by atoms with Crippen molar-refractivity contribution >= 4 is 11.8 Å². The summed E-state index contributed by atoms with van der Waals surface area (Å²) in [7, 11) is 1.37. The van der Waals surface area contributed by atoms with Crippen molar-refractivity contribution in [1.82, 2.24) is 14.5 Å². The summed E-state index contributed by atoms with van der Waals surface area (Å²) in [6.07, 6.45) is 6.47. The second-order valence-corrected chi connectivity index (χ2v) is 4.40. The first-order valence-corrected chi connectivity index (χ1v) is 6.46. The zero-order chi connectivity index (χ0) is 14.4. The molecule has 106 valence electrons. The monoisotopic (exact) mass is 274 g/mol. The number of methoxy groups -OCH3 is 1. The number of esters is 1. The number of hydrogen-bond donors (Lipinski definition) is 1. The van der Waals surface area contributed by atoms with Crippen molar-refractivity contribution < 1.29 is 9.53 Å². The first-order chi connectivity index (χ1) is 9.70. The predicted molar refractivity (Wildman–Crippen MR) is 75.6 cm³/mol. The van der Waals surface area contributed by atoms with Gasteiger partial charge < -0.3 is 14.6 Å². The molecule has 2 heterocycles. The first-order valence-electron chi connectivity index (χ1n) is 6.46. The number of anilines is 1. The number of aryl methyl sites for hydroxylation is 2. The Labute approximate surface area is 117 Å². The molecule has 0 aliphatic rings. The molecule has 0 aliphatic carbocycles. The molecule has 0 bridgehead atoms. The van der Waals surface area contributed by atoms with Gasteiger partial charge in [0.05, 0.1) is 24.7 Å². The van der Waals surface area contributed by atoms with Crippen LogP contribution in [0.4, 0.5) is 5.82 Å². The molecule has 1 N–H and O–H groups in total. The highest BCUT2D eigenvalue weighted by molar-refractivity contribution is 5.90. The molecule has 0 fully saturated rings. The van der Waals surface area contributed by atoms with Crippen molar-refractivity contribution in [3.63, 3.8) is 0 Å². The van der Waals surface area contributed by atoms with E-state index in [1.165, 1.54) is 7.11 Å². The van der Waals surface area contributed by atoms with Crippen LogP contribution in [-0.4, -0.2) is 34.2 Å². The largest absolute Gasteiger partial charge is 0.465 e. The van der Waals surface area contributed by atoms with Gasteiger partial charge in [0.1, 0.15) is 5.82 Å². The van der Waals surface area contributed by atoms with Gasteiger partial charge in [-0.15, -0.1) is 0 Å².